The molecule has 26 heavy (non-hydrogen) atoms. The number of methoxy groups -OCH3 is 1. The summed E-state index contributed by atoms with van der Waals surface area (Å²) in [7, 11) is 1.55. The molecule has 0 fully saturated rings. The number of fused-ring (bicyclic) bond motifs is 1. The number of carbonyl (C=O) groups excluding carboxylic acids is 2. The molecule has 3 aromatic rings. The average molecular weight is 371 g/mol. The zero-order valence-corrected chi connectivity index (χ0v) is 15.3. The molecule has 0 atom stereocenters. The molecule has 1 aromatic carbocycles. The van der Waals surface area contributed by atoms with Gasteiger partial charge in [-0.25, -0.2) is 4.99 Å². The Morgan fingerprint density at radius 3 is 2.50 bits per heavy atom. The fourth-order valence-electron chi connectivity index (χ4n) is 2.57. The molecule has 4 N–H and O–H groups in total. The molecule has 0 saturated heterocycles. The number of carbonyl (C=O) groups is 2. The van der Waals surface area contributed by atoms with Crippen molar-refractivity contribution in [3.8, 4) is 5.75 Å². The number of thiophene rings is 1. The van der Waals surface area contributed by atoms with Crippen LogP contribution >= 0.6 is 11.3 Å². The van der Waals surface area contributed by atoms with E-state index in [0.29, 0.717) is 27.3 Å². The Labute approximate surface area is 152 Å². The largest absolute Gasteiger partial charge is 0.497 e. The SMILES string of the molecule is COc1ccc2oc(=Nc3sc(C)c(C)c3C(N)=O)c(C(N)=O)cc2c1. The van der Waals surface area contributed by atoms with Gasteiger partial charge in [-0.2, -0.15) is 0 Å². The highest BCUT2D eigenvalue weighted by atomic mass is 32.1. The molecular formula is C18H17N3O4S. The van der Waals surface area contributed by atoms with Crippen LogP contribution in [0.15, 0.2) is 33.7 Å². The van der Waals surface area contributed by atoms with E-state index < -0.39 is 11.8 Å². The maximum absolute atomic E-state index is 11.9. The van der Waals surface area contributed by atoms with Gasteiger partial charge in [-0.15, -0.1) is 11.3 Å². The molecule has 0 bridgehead atoms. The predicted molar refractivity (Wildman–Crippen MR) is 98.8 cm³/mol. The highest BCUT2D eigenvalue weighted by Crippen LogP contribution is 2.34. The Bertz CT molecular complexity index is 1110. The number of rotatable bonds is 4. The third kappa shape index (κ3) is 3.06. The van der Waals surface area contributed by atoms with E-state index >= 15 is 0 Å². The van der Waals surface area contributed by atoms with E-state index in [1.54, 1.807) is 38.3 Å². The number of hydrogen-bond acceptors (Lipinski definition) is 6. The van der Waals surface area contributed by atoms with E-state index in [0.717, 1.165) is 10.4 Å². The number of aryl methyl sites for hydroxylation is 1. The number of hydrogen-bond donors (Lipinski definition) is 2. The van der Waals surface area contributed by atoms with E-state index in [9.17, 15) is 9.59 Å². The summed E-state index contributed by atoms with van der Waals surface area (Å²) >= 11 is 1.30. The Hall–Kier alpha value is -3.13. The lowest BCUT2D eigenvalue weighted by Gasteiger charge is -2.04. The maximum atomic E-state index is 11.9. The molecule has 0 aliphatic carbocycles. The number of ether oxygens (including phenoxy) is 1. The van der Waals surface area contributed by atoms with E-state index in [-0.39, 0.29) is 11.1 Å². The van der Waals surface area contributed by atoms with Crippen molar-refractivity contribution < 1.29 is 18.7 Å². The van der Waals surface area contributed by atoms with Crippen LogP contribution in [0.2, 0.25) is 0 Å². The van der Waals surface area contributed by atoms with Crippen molar-refractivity contribution in [1.29, 1.82) is 0 Å². The first kappa shape index (κ1) is 17.7. The molecule has 0 aliphatic rings. The van der Waals surface area contributed by atoms with E-state index in [2.05, 4.69) is 4.99 Å². The van der Waals surface area contributed by atoms with E-state index in [1.165, 1.54) is 11.3 Å². The molecular weight excluding hydrogens is 354 g/mol. The zero-order valence-electron chi connectivity index (χ0n) is 14.5. The summed E-state index contributed by atoms with van der Waals surface area (Å²) in [5, 5.41) is 1.03. The van der Waals surface area contributed by atoms with Crippen molar-refractivity contribution in [3.63, 3.8) is 0 Å². The number of nitrogens with two attached hydrogens (primary N) is 2. The summed E-state index contributed by atoms with van der Waals surface area (Å²) in [6.45, 7) is 3.66. The van der Waals surface area contributed by atoms with Gasteiger partial charge in [0.05, 0.1) is 12.7 Å². The second kappa shape index (κ2) is 6.64. The van der Waals surface area contributed by atoms with Crippen LogP contribution in [0.25, 0.3) is 11.0 Å². The molecule has 0 unspecified atom stereocenters. The van der Waals surface area contributed by atoms with Crippen LogP contribution in [0.3, 0.4) is 0 Å². The first-order valence-corrected chi connectivity index (χ1v) is 8.49. The van der Waals surface area contributed by atoms with E-state index in [1.807, 2.05) is 6.92 Å². The van der Waals surface area contributed by atoms with Crippen molar-refractivity contribution in [2.75, 3.05) is 7.11 Å². The lowest BCUT2D eigenvalue weighted by molar-refractivity contribution is 0.0990. The van der Waals surface area contributed by atoms with Gasteiger partial charge in [-0.1, -0.05) is 0 Å². The summed E-state index contributed by atoms with van der Waals surface area (Å²) in [5.41, 5.74) is 12.7. The second-order valence-corrected chi connectivity index (χ2v) is 6.88. The molecule has 2 amide bonds. The predicted octanol–water partition coefficient (Wildman–Crippen LogP) is 2.55. The number of benzene rings is 1. The minimum atomic E-state index is -0.692. The quantitative estimate of drug-likeness (QED) is 0.732. The van der Waals surface area contributed by atoms with Gasteiger partial charge in [0.1, 0.15) is 21.9 Å². The molecule has 0 spiro atoms. The number of amides is 2. The van der Waals surface area contributed by atoms with Crippen molar-refractivity contribution in [3.05, 3.63) is 51.4 Å². The van der Waals surface area contributed by atoms with Gasteiger partial charge >= 0.3 is 0 Å². The van der Waals surface area contributed by atoms with Gasteiger partial charge in [-0.05, 0) is 43.7 Å². The maximum Gasteiger partial charge on any atom is 0.254 e. The molecule has 0 aliphatic heterocycles. The van der Waals surface area contributed by atoms with Crippen molar-refractivity contribution >= 4 is 39.1 Å². The molecule has 0 radical (unpaired) electrons. The normalized spacial score (nSPS) is 11.7. The van der Waals surface area contributed by atoms with Crippen LogP contribution in [0, 0.1) is 13.8 Å². The smallest absolute Gasteiger partial charge is 0.254 e. The third-order valence-corrected chi connectivity index (χ3v) is 5.14. The highest BCUT2D eigenvalue weighted by Gasteiger charge is 2.18. The lowest BCUT2D eigenvalue weighted by atomic mass is 10.1. The summed E-state index contributed by atoms with van der Waals surface area (Å²) in [5.74, 6) is -0.659. The summed E-state index contributed by atoms with van der Waals surface area (Å²) in [6, 6.07) is 6.74. The zero-order chi connectivity index (χ0) is 19.0. The fraction of sp³-hybridized carbons (Fsp3) is 0.167. The highest BCUT2D eigenvalue weighted by molar-refractivity contribution is 7.16. The molecule has 2 aromatic heterocycles. The van der Waals surface area contributed by atoms with Gasteiger partial charge in [0.25, 0.3) is 11.8 Å². The van der Waals surface area contributed by atoms with Gasteiger partial charge in [0.15, 0.2) is 0 Å². The minimum absolute atomic E-state index is 0.0268. The first-order chi connectivity index (χ1) is 12.3. The average Bonchev–Trinajstić information content (AvgIpc) is 2.87. The Balaban J connectivity index is 2.32. The Morgan fingerprint density at radius 2 is 1.88 bits per heavy atom. The van der Waals surface area contributed by atoms with Crippen molar-refractivity contribution in [2.45, 2.75) is 13.8 Å². The molecule has 0 saturated carbocycles. The number of nitrogens with zero attached hydrogens (tertiary/aromatic N) is 1. The summed E-state index contributed by atoms with van der Waals surface area (Å²) in [6.07, 6.45) is 0. The molecule has 7 nitrogen and oxygen atoms in total. The van der Waals surface area contributed by atoms with Gasteiger partial charge in [-0.3, -0.25) is 9.59 Å². The molecule has 134 valence electrons. The second-order valence-electron chi connectivity index (χ2n) is 5.67. The van der Waals surface area contributed by atoms with Crippen LogP contribution in [0.4, 0.5) is 5.00 Å². The summed E-state index contributed by atoms with van der Waals surface area (Å²) < 4.78 is 10.9. The molecule has 2 heterocycles. The van der Waals surface area contributed by atoms with Crippen LogP contribution in [0.5, 0.6) is 5.75 Å². The summed E-state index contributed by atoms with van der Waals surface area (Å²) in [4.78, 5) is 28.9. The third-order valence-electron chi connectivity index (χ3n) is 4.04. The van der Waals surface area contributed by atoms with Gasteiger partial charge in [0, 0.05) is 10.3 Å². The topological polar surface area (TPSA) is 121 Å². The van der Waals surface area contributed by atoms with Crippen LogP contribution in [-0.4, -0.2) is 18.9 Å². The fourth-order valence-corrected chi connectivity index (χ4v) is 3.59. The van der Waals surface area contributed by atoms with Crippen LogP contribution in [0.1, 0.15) is 31.2 Å². The van der Waals surface area contributed by atoms with Gasteiger partial charge < -0.3 is 20.6 Å². The van der Waals surface area contributed by atoms with E-state index in [4.69, 9.17) is 20.6 Å². The van der Waals surface area contributed by atoms with Crippen LogP contribution < -0.4 is 21.8 Å². The van der Waals surface area contributed by atoms with Crippen molar-refractivity contribution in [1.82, 2.24) is 0 Å². The Morgan fingerprint density at radius 1 is 1.15 bits per heavy atom. The molecule has 3 rings (SSSR count). The first-order valence-electron chi connectivity index (χ1n) is 7.68. The molecule has 8 heteroatoms. The van der Waals surface area contributed by atoms with Gasteiger partial charge in [0.2, 0.25) is 5.55 Å². The lowest BCUT2D eigenvalue weighted by Crippen LogP contribution is -2.22. The number of primary amides is 2. The van der Waals surface area contributed by atoms with Crippen LogP contribution in [-0.2, 0) is 0 Å². The minimum Gasteiger partial charge on any atom is -0.497 e. The Kier molecular flexibility index (Phi) is 4.52. The van der Waals surface area contributed by atoms with Crippen molar-refractivity contribution in [2.24, 2.45) is 16.5 Å². The standard InChI is InChI=1S/C18H17N3O4S/c1-8-9(2)26-18(14(8)16(20)23)21-17-12(15(19)22)7-10-6-11(24-3)4-5-13(10)25-17/h4-7H,1-3H3,(H2,19,22)(H2,20,23). The monoisotopic (exact) mass is 371 g/mol.